The van der Waals surface area contributed by atoms with Crippen LogP contribution in [0.1, 0.15) is 29.1 Å². The predicted molar refractivity (Wildman–Crippen MR) is 89.5 cm³/mol. The lowest BCUT2D eigenvalue weighted by molar-refractivity contribution is 0.249. The summed E-state index contributed by atoms with van der Waals surface area (Å²) in [5.41, 5.74) is 1.67. The molecule has 0 fully saturated rings. The van der Waals surface area contributed by atoms with Crippen LogP contribution in [0.15, 0.2) is 45.9 Å². The first-order chi connectivity index (χ1) is 12.2. The molecule has 7 nitrogen and oxygen atoms in total. The number of hydrogen-bond acceptors (Lipinski definition) is 7. The summed E-state index contributed by atoms with van der Waals surface area (Å²) in [5, 5.41) is 3.81. The molecule has 1 aromatic carbocycles. The Morgan fingerprint density at radius 2 is 2.12 bits per heavy atom. The number of para-hydroxylation sites is 1. The van der Waals surface area contributed by atoms with E-state index in [1.807, 2.05) is 30.3 Å². The summed E-state index contributed by atoms with van der Waals surface area (Å²) in [5.74, 6) is 3.23. The van der Waals surface area contributed by atoms with Gasteiger partial charge < -0.3 is 18.6 Å². The van der Waals surface area contributed by atoms with Crippen LogP contribution >= 0.6 is 0 Å². The van der Waals surface area contributed by atoms with Gasteiger partial charge >= 0.3 is 0 Å². The molecule has 0 spiro atoms. The van der Waals surface area contributed by atoms with Gasteiger partial charge in [0, 0.05) is 13.0 Å². The van der Waals surface area contributed by atoms with Gasteiger partial charge in [-0.3, -0.25) is 0 Å². The highest BCUT2D eigenvalue weighted by Crippen LogP contribution is 2.26. The first-order valence-electron chi connectivity index (χ1n) is 8.09. The smallest absolute Gasteiger partial charge is 0.273 e. The van der Waals surface area contributed by atoms with E-state index < -0.39 is 0 Å². The van der Waals surface area contributed by atoms with Crippen LogP contribution in [0.3, 0.4) is 0 Å². The average Bonchev–Trinajstić information content (AvgIpc) is 3.25. The molecule has 7 heteroatoms. The topological polar surface area (TPSA) is 77.4 Å². The molecule has 2 aromatic heterocycles. The SMILES string of the molecule is C=C(c1nc(C)no1)N1CCc2nc(COc3ccccc3)oc2C1. The van der Waals surface area contributed by atoms with Crippen LogP contribution in [0.25, 0.3) is 5.70 Å². The zero-order valence-electron chi connectivity index (χ0n) is 13.9. The highest BCUT2D eigenvalue weighted by Gasteiger charge is 2.25. The minimum atomic E-state index is 0.306. The van der Waals surface area contributed by atoms with E-state index in [2.05, 4.69) is 26.6 Å². The Bertz CT molecular complexity index is 885. The number of nitrogens with zero attached hydrogens (tertiary/aromatic N) is 4. The van der Waals surface area contributed by atoms with Crippen molar-refractivity contribution in [1.82, 2.24) is 20.0 Å². The van der Waals surface area contributed by atoms with E-state index in [4.69, 9.17) is 13.7 Å². The molecule has 128 valence electrons. The fourth-order valence-electron chi connectivity index (χ4n) is 2.75. The van der Waals surface area contributed by atoms with Crippen LogP contribution in [0.5, 0.6) is 5.75 Å². The van der Waals surface area contributed by atoms with Crippen molar-refractivity contribution in [1.29, 1.82) is 0 Å². The van der Waals surface area contributed by atoms with Gasteiger partial charge in [-0.15, -0.1) is 0 Å². The zero-order chi connectivity index (χ0) is 17.2. The highest BCUT2D eigenvalue weighted by molar-refractivity contribution is 5.53. The van der Waals surface area contributed by atoms with Crippen LogP contribution in [0, 0.1) is 6.92 Å². The third-order valence-corrected chi connectivity index (χ3v) is 4.04. The van der Waals surface area contributed by atoms with Crippen molar-refractivity contribution in [2.75, 3.05) is 6.54 Å². The van der Waals surface area contributed by atoms with E-state index in [1.165, 1.54) is 0 Å². The number of benzene rings is 1. The molecule has 0 N–H and O–H groups in total. The normalized spacial score (nSPS) is 13.6. The van der Waals surface area contributed by atoms with Gasteiger partial charge in [-0.25, -0.2) is 4.98 Å². The van der Waals surface area contributed by atoms with Gasteiger partial charge in [0.15, 0.2) is 12.4 Å². The Morgan fingerprint density at radius 1 is 1.28 bits per heavy atom. The molecule has 0 saturated heterocycles. The van der Waals surface area contributed by atoms with Crippen molar-refractivity contribution in [3.63, 3.8) is 0 Å². The number of rotatable bonds is 5. The van der Waals surface area contributed by atoms with Gasteiger partial charge in [0.2, 0.25) is 5.89 Å². The van der Waals surface area contributed by atoms with Crippen LogP contribution in [-0.2, 0) is 19.6 Å². The fourth-order valence-corrected chi connectivity index (χ4v) is 2.75. The fraction of sp³-hybridized carbons (Fsp3) is 0.278. The molecule has 0 amide bonds. The van der Waals surface area contributed by atoms with Gasteiger partial charge in [-0.2, -0.15) is 4.98 Å². The lowest BCUT2D eigenvalue weighted by Gasteiger charge is -2.26. The maximum absolute atomic E-state index is 5.86. The molecule has 0 aliphatic carbocycles. The van der Waals surface area contributed by atoms with Crippen molar-refractivity contribution in [3.8, 4) is 5.75 Å². The van der Waals surface area contributed by atoms with E-state index in [0.717, 1.165) is 30.2 Å². The third-order valence-electron chi connectivity index (χ3n) is 4.04. The second-order valence-corrected chi connectivity index (χ2v) is 5.84. The summed E-state index contributed by atoms with van der Waals surface area (Å²) in [6, 6.07) is 9.61. The summed E-state index contributed by atoms with van der Waals surface area (Å²) < 4.78 is 16.8. The van der Waals surface area contributed by atoms with E-state index in [-0.39, 0.29) is 0 Å². The standard InChI is InChI=1S/C18H18N4O3/c1-12(18-19-13(2)21-25-18)22-9-8-15-16(10-22)24-17(20-15)11-23-14-6-4-3-5-7-14/h3-7H,1,8-11H2,2H3. The molecule has 0 atom stereocenters. The number of oxazole rings is 1. The number of ether oxygens (including phenoxy) is 1. The number of aryl methyl sites for hydroxylation is 1. The Balaban J connectivity index is 1.43. The predicted octanol–water partition coefficient (Wildman–Crippen LogP) is 2.97. The average molecular weight is 338 g/mol. The Labute approximate surface area is 144 Å². The van der Waals surface area contributed by atoms with E-state index in [9.17, 15) is 0 Å². The molecular formula is C18H18N4O3. The third kappa shape index (κ3) is 3.26. The van der Waals surface area contributed by atoms with Gasteiger partial charge in [0.25, 0.3) is 5.89 Å². The lowest BCUT2D eigenvalue weighted by Crippen LogP contribution is -2.28. The lowest BCUT2D eigenvalue weighted by atomic mass is 10.1. The second kappa shape index (κ2) is 6.43. The summed E-state index contributed by atoms with van der Waals surface area (Å²) in [6.45, 7) is 7.50. The molecule has 0 unspecified atom stereocenters. The zero-order valence-corrected chi connectivity index (χ0v) is 13.9. The van der Waals surface area contributed by atoms with Crippen molar-refractivity contribution in [2.24, 2.45) is 0 Å². The molecule has 1 aliphatic rings. The monoisotopic (exact) mass is 338 g/mol. The van der Waals surface area contributed by atoms with Crippen molar-refractivity contribution in [2.45, 2.75) is 26.5 Å². The molecule has 0 bridgehead atoms. The summed E-state index contributed by atoms with van der Waals surface area (Å²) in [7, 11) is 0. The molecule has 3 aromatic rings. The number of aromatic nitrogens is 3. The number of hydrogen-bond donors (Lipinski definition) is 0. The van der Waals surface area contributed by atoms with Crippen molar-refractivity contribution in [3.05, 3.63) is 66.0 Å². The van der Waals surface area contributed by atoms with E-state index in [1.54, 1.807) is 6.92 Å². The molecule has 0 radical (unpaired) electrons. The molecule has 1 aliphatic heterocycles. The summed E-state index contributed by atoms with van der Waals surface area (Å²) in [4.78, 5) is 10.8. The van der Waals surface area contributed by atoms with Crippen LogP contribution in [0.2, 0.25) is 0 Å². The summed E-state index contributed by atoms with van der Waals surface area (Å²) in [6.07, 6.45) is 0.774. The second-order valence-electron chi connectivity index (χ2n) is 5.84. The quantitative estimate of drug-likeness (QED) is 0.707. The largest absolute Gasteiger partial charge is 0.484 e. The van der Waals surface area contributed by atoms with Crippen molar-refractivity contribution >= 4 is 5.70 Å². The van der Waals surface area contributed by atoms with Gasteiger partial charge in [-0.1, -0.05) is 29.9 Å². The molecular weight excluding hydrogens is 320 g/mol. The minimum Gasteiger partial charge on any atom is -0.484 e. The molecule has 25 heavy (non-hydrogen) atoms. The molecule has 3 heterocycles. The maximum atomic E-state index is 5.86. The van der Waals surface area contributed by atoms with E-state index in [0.29, 0.717) is 36.5 Å². The Morgan fingerprint density at radius 3 is 2.88 bits per heavy atom. The van der Waals surface area contributed by atoms with E-state index >= 15 is 0 Å². The first kappa shape index (κ1) is 15.4. The highest BCUT2D eigenvalue weighted by atomic mass is 16.5. The minimum absolute atomic E-state index is 0.306. The van der Waals surface area contributed by atoms with Crippen molar-refractivity contribution < 1.29 is 13.7 Å². The maximum Gasteiger partial charge on any atom is 0.273 e. The van der Waals surface area contributed by atoms with Gasteiger partial charge in [0.05, 0.1) is 17.9 Å². The molecule has 0 saturated carbocycles. The number of fused-ring (bicyclic) bond motifs is 1. The Kier molecular flexibility index (Phi) is 3.97. The first-order valence-corrected chi connectivity index (χ1v) is 8.09. The molecule has 4 rings (SSSR count). The van der Waals surface area contributed by atoms with Crippen LogP contribution < -0.4 is 4.74 Å². The van der Waals surface area contributed by atoms with Gasteiger partial charge in [-0.05, 0) is 19.1 Å². The Hall–Kier alpha value is -3.09. The van der Waals surface area contributed by atoms with Crippen LogP contribution in [0.4, 0.5) is 0 Å². The van der Waals surface area contributed by atoms with Crippen LogP contribution in [-0.4, -0.2) is 26.6 Å². The summed E-state index contributed by atoms with van der Waals surface area (Å²) >= 11 is 0. The van der Waals surface area contributed by atoms with Gasteiger partial charge in [0.1, 0.15) is 11.5 Å².